The molecule has 0 aliphatic carbocycles. The van der Waals surface area contributed by atoms with E-state index in [4.69, 9.17) is 4.74 Å². The van der Waals surface area contributed by atoms with E-state index in [1.54, 1.807) is 59.5 Å². The molecular formula is C26H24N2O4. The van der Waals surface area contributed by atoms with Gasteiger partial charge in [-0.2, -0.15) is 0 Å². The van der Waals surface area contributed by atoms with Gasteiger partial charge in [-0.3, -0.25) is 19.3 Å². The molecule has 1 heterocycles. The third kappa shape index (κ3) is 4.12. The lowest BCUT2D eigenvalue weighted by Crippen LogP contribution is -2.41. The van der Waals surface area contributed by atoms with Gasteiger partial charge in [0.15, 0.2) is 0 Å². The summed E-state index contributed by atoms with van der Waals surface area (Å²) in [7, 11) is 0. The molecule has 0 bridgehead atoms. The first-order chi connectivity index (χ1) is 15.5. The molecule has 6 heteroatoms. The maximum atomic E-state index is 13.4. The van der Waals surface area contributed by atoms with Crippen molar-refractivity contribution in [3.63, 3.8) is 0 Å². The van der Waals surface area contributed by atoms with Gasteiger partial charge in [-0.1, -0.05) is 29.8 Å². The van der Waals surface area contributed by atoms with Gasteiger partial charge in [-0.05, 0) is 62.4 Å². The van der Waals surface area contributed by atoms with Crippen molar-refractivity contribution >= 4 is 23.4 Å². The van der Waals surface area contributed by atoms with Gasteiger partial charge in [0.25, 0.3) is 17.7 Å². The van der Waals surface area contributed by atoms with Crippen LogP contribution >= 0.6 is 0 Å². The molecule has 0 saturated carbocycles. The van der Waals surface area contributed by atoms with Crippen LogP contribution in [-0.4, -0.2) is 42.3 Å². The minimum Gasteiger partial charge on any atom is -0.494 e. The maximum absolute atomic E-state index is 13.4. The fourth-order valence-electron chi connectivity index (χ4n) is 3.81. The van der Waals surface area contributed by atoms with E-state index in [1.807, 2.05) is 32.0 Å². The van der Waals surface area contributed by atoms with E-state index in [9.17, 15) is 14.4 Å². The van der Waals surface area contributed by atoms with Gasteiger partial charge < -0.3 is 9.64 Å². The second-order valence-corrected chi connectivity index (χ2v) is 7.56. The van der Waals surface area contributed by atoms with Crippen LogP contribution in [0, 0.1) is 6.92 Å². The molecule has 6 nitrogen and oxygen atoms in total. The van der Waals surface area contributed by atoms with E-state index in [0.717, 1.165) is 5.56 Å². The van der Waals surface area contributed by atoms with E-state index in [1.165, 1.54) is 4.90 Å². The number of rotatable bonds is 7. The quantitative estimate of drug-likeness (QED) is 0.525. The SMILES string of the molecule is CCOc1ccc(N(CCN2C(=O)c3ccccc3C2=O)C(=O)c2cccc(C)c2)cc1. The Bertz CT molecular complexity index is 1140. The van der Waals surface area contributed by atoms with Gasteiger partial charge in [0.1, 0.15) is 5.75 Å². The summed E-state index contributed by atoms with van der Waals surface area (Å²) in [5.74, 6) is -0.158. The second-order valence-electron chi connectivity index (χ2n) is 7.56. The van der Waals surface area contributed by atoms with Crippen molar-refractivity contribution in [3.8, 4) is 5.75 Å². The monoisotopic (exact) mass is 428 g/mol. The van der Waals surface area contributed by atoms with Crippen LogP contribution in [0.1, 0.15) is 43.6 Å². The number of amides is 3. The molecule has 0 fully saturated rings. The highest BCUT2D eigenvalue weighted by Gasteiger charge is 2.35. The van der Waals surface area contributed by atoms with Crippen molar-refractivity contribution in [2.24, 2.45) is 0 Å². The minimum absolute atomic E-state index is 0.0944. The lowest BCUT2D eigenvalue weighted by atomic mass is 10.1. The molecule has 1 aliphatic heterocycles. The molecule has 32 heavy (non-hydrogen) atoms. The zero-order valence-corrected chi connectivity index (χ0v) is 18.1. The molecule has 0 N–H and O–H groups in total. The van der Waals surface area contributed by atoms with Crippen LogP contribution in [0.25, 0.3) is 0 Å². The first-order valence-electron chi connectivity index (χ1n) is 10.6. The van der Waals surface area contributed by atoms with Crippen molar-refractivity contribution in [1.29, 1.82) is 0 Å². The number of benzene rings is 3. The first-order valence-corrected chi connectivity index (χ1v) is 10.6. The normalized spacial score (nSPS) is 12.6. The number of nitrogens with zero attached hydrogens (tertiary/aromatic N) is 2. The highest BCUT2D eigenvalue weighted by atomic mass is 16.5. The predicted molar refractivity (Wildman–Crippen MR) is 122 cm³/mol. The first kappa shape index (κ1) is 21.3. The Kier molecular flexibility index (Phi) is 6.03. The van der Waals surface area contributed by atoms with Crippen molar-refractivity contribution in [2.45, 2.75) is 13.8 Å². The van der Waals surface area contributed by atoms with Crippen LogP contribution in [0.5, 0.6) is 5.75 Å². The predicted octanol–water partition coefficient (Wildman–Crippen LogP) is 4.34. The summed E-state index contributed by atoms with van der Waals surface area (Å²) >= 11 is 0. The number of aryl methyl sites for hydroxylation is 1. The van der Waals surface area contributed by atoms with Crippen LogP contribution in [0.15, 0.2) is 72.8 Å². The average molecular weight is 428 g/mol. The summed E-state index contributed by atoms with van der Waals surface area (Å²) in [4.78, 5) is 41.7. The maximum Gasteiger partial charge on any atom is 0.261 e. The molecule has 4 rings (SSSR count). The van der Waals surface area contributed by atoms with Gasteiger partial charge in [0.05, 0.1) is 17.7 Å². The van der Waals surface area contributed by atoms with Crippen LogP contribution in [0.3, 0.4) is 0 Å². The fourth-order valence-corrected chi connectivity index (χ4v) is 3.81. The molecule has 162 valence electrons. The number of fused-ring (bicyclic) bond motifs is 1. The Labute approximate surface area is 187 Å². The molecule has 0 unspecified atom stereocenters. The van der Waals surface area contributed by atoms with Gasteiger partial charge in [-0.25, -0.2) is 0 Å². The smallest absolute Gasteiger partial charge is 0.261 e. The van der Waals surface area contributed by atoms with Gasteiger partial charge in [-0.15, -0.1) is 0 Å². The van der Waals surface area contributed by atoms with E-state index < -0.39 is 0 Å². The highest BCUT2D eigenvalue weighted by molar-refractivity contribution is 6.21. The number of hydrogen-bond acceptors (Lipinski definition) is 4. The number of carbonyl (C=O) groups is 3. The van der Waals surface area contributed by atoms with Crippen molar-refractivity contribution in [1.82, 2.24) is 4.90 Å². The summed E-state index contributed by atoms with van der Waals surface area (Å²) in [6.07, 6.45) is 0. The van der Waals surface area contributed by atoms with Crippen molar-refractivity contribution in [3.05, 3.63) is 95.1 Å². The summed E-state index contributed by atoms with van der Waals surface area (Å²) in [5, 5.41) is 0. The Morgan fingerprint density at radius 2 is 1.56 bits per heavy atom. The van der Waals surface area contributed by atoms with E-state index in [0.29, 0.717) is 34.7 Å². The van der Waals surface area contributed by atoms with Crippen LogP contribution in [0.2, 0.25) is 0 Å². The average Bonchev–Trinajstić information content (AvgIpc) is 3.05. The molecule has 0 saturated heterocycles. The zero-order valence-electron chi connectivity index (χ0n) is 18.1. The molecule has 3 amide bonds. The topological polar surface area (TPSA) is 66.9 Å². The molecule has 1 aliphatic rings. The van der Waals surface area contributed by atoms with E-state index in [-0.39, 0.29) is 30.8 Å². The number of hydrogen-bond donors (Lipinski definition) is 0. The molecule has 0 atom stereocenters. The summed E-state index contributed by atoms with van der Waals surface area (Å²) in [6.45, 7) is 4.65. The fraction of sp³-hybridized carbons (Fsp3) is 0.192. The van der Waals surface area contributed by atoms with Gasteiger partial charge >= 0.3 is 0 Å². The number of ether oxygens (including phenoxy) is 1. The van der Waals surface area contributed by atoms with Crippen LogP contribution in [0.4, 0.5) is 5.69 Å². The molecule has 3 aromatic carbocycles. The largest absolute Gasteiger partial charge is 0.494 e. The van der Waals surface area contributed by atoms with Crippen LogP contribution < -0.4 is 9.64 Å². The van der Waals surface area contributed by atoms with E-state index in [2.05, 4.69) is 0 Å². The zero-order chi connectivity index (χ0) is 22.7. The minimum atomic E-state index is -0.333. The Morgan fingerprint density at radius 3 is 2.16 bits per heavy atom. The van der Waals surface area contributed by atoms with Crippen molar-refractivity contribution in [2.75, 3.05) is 24.6 Å². The molecule has 0 aromatic heterocycles. The molecule has 3 aromatic rings. The summed E-state index contributed by atoms with van der Waals surface area (Å²) in [5.41, 5.74) is 2.98. The Balaban J connectivity index is 1.60. The molecular weight excluding hydrogens is 404 g/mol. The summed E-state index contributed by atoms with van der Waals surface area (Å²) in [6, 6.07) is 21.3. The molecule has 0 radical (unpaired) electrons. The standard InChI is InChI=1S/C26H24N2O4/c1-3-32-21-13-11-20(12-14-21)27(24(29)19-8-6-7-18(2)17-19)15-16-28-25(30)22-9-4-5-10-23(22)26(28)31/h4-14,17H,3,15-16H2,1-2H3. The summed E-state index contributed by atoms with van der Waals surface area (Å²) < 4.78 is 5.51. The lowest BCUT2D eigenvalue weighted by Gasteiger charge is -2.25. The lowest BCUT2D eigenvalue weighted by molar-refractivity contribution is 0.0654. The number of imide groups is 1. The van der Waals surface area contributed by atoms with Crippen LogP contribution in [-0.2, 0) is 0 Å². The Hall–Kier alpha value is -3.93. The third-order valence-electron chi connectivity index (χ3n) is 5.39. The number of carbonyl (C=O) groups excluding carboxylic acids is 3. The van der Waals surface area contributed by atoms with Gasteiger partial charge in [0.2, 0.25) is 0 Å². The highest BCUT2D eigenvalue weighted by Crippen LogP contribution is 2.25. The second kappa shape index (κ2) is 9.06. The third-order valence-corrected chi connectivity index (χ3v) is 5.39. The van der Waals surface area contributed by atoms with Gasteiger partial charge in [0, 0.05) is 24.3 Å². The Morgan fingerprint density at radius 1 is 0.906 bits per heavy atom. The van der Waals surface area contributed by atoms with E-state index >= 15 is 0 Å². The molecule has 0 spiro atoms. The van der Waals surface area contributed by atoms with Crippen molar-refractivity contribution < 1.29 is 19.1 Å². The number of anilines is 1.